The highest BCUT2D eigenvalue weighted by Gasteiger charge is 2.18. The van der Waals surface area contributed by atoms with E-state index in [4.69, 9.17) is 4.98 Å². The lowest BCUT2D eigenvalue weighted by Crippen LogP contribution is -2.08. The summed E-state index contributed by atoms with van der Waals surface area (Å²) < 4.78 is 14.5. The van der Waals surface area contributed by atoms with E-state index < -0.39 is 0 Å². The SMILES string of the molecule is CN(C)c1cncc(-c2ccc3[nH]nc(-c4nc5nccc(-c6ccccc6F)c5[nH]4)c3n2)c1. The molecule has 0 radical (unpaired) electrons. The molecule has 9 heteroatoms. The van der Waals surface area contributed by atoms with E-state index in [1.807, 2.05) is 37.2 Å². The number of benzene rings is 1. The lowest BCUT2D eigenvalue weighted by molar-refractivity contribution is 0.631. The van der Waals surface area contributed by atoms with Crippen LogP contribution in [0.3, 0.4) is 0 Å². The highest BCUT2D eigenvalue weighted by molar-refractivity contribution is 5.95. The maximum atomic E-state index is 14.5. The van der Waals surface area contributed by atoms with E-state index in [0.29, 0.717) is 39.3 Å². The molecule has 8 nitrogen and oxygen atoms in total. The van der Waals surface area contributed by atoms with Crippen molar-refractivity contribution >= 4 is 27.9 Å². The van der Waals surface area contributed by atoms with E-state index in [1.54, 1.807) is 42.9 Å². The molecule has 0 atom stereocenters. The topological polar surface area (TPSA) is 99.3 Å². The monoisotopic (exact) mass is 450 g/mol. The minimum Gasteiger partial charge on any atom is -0.376 e. The van der Waals surface area contributed by atoms with Crippen molar-refractivity contribution in [3.8, 4) is 33.9 Å². The molecule has 5 heterocycles. The molecule has 2 N–H and O–H groups in total. The molecule has 0 amide bonds. The van der Waals surface area contributed by atoms with Crippen molar-refractivity contribution in [3.63, 3.8) is 0 Å². The predicted molar refractivity (Wildman–Crippen MR) is 130 cm³/mol. The van der Waals surface area contributed by atoms with Crippen LogP contribution in [0.4, 0.5) is 10.1 Å². The molecule has 0 spiro atoms. The number of H-pyrrole nitrogens is 2. The Kier molecular flexibility index (Phi) is 4.54. The minimum atomic E-state index is -0.309. The van der Waals surface area contributed by atoms with Crippen LogP contribution in [0.2, 0.25) is 0 Å². The van der Waals surface area contributed by atoms with Crippen LogP contribution in [0, 0.1) is 5.82 Å². The van der Waals surface area contributed by atoms with E-state index in [0.717, 1.165) is 22.5 Å². The Morgan fingerprint density at radius 3 is 2.68 bits per heavy atom. The Bertz CT molecular complexity index is 1670. The third-order valence-corrected chi connectivity index (χ3v) is 5.72. The van der Waals surface area contributed by atoms with Gasteiger partial charge in [0.2, 0.25) is 0 Å². The molecule has 0 bridgehead atoms. The van der Waals surface area contributed by atoms with Crippen LogP contribution < -0.4 is 4.90 Å². The Morgan fingerprint density at radius 1 is 0.941 bits per heavy atom. The van der Waals surface area contributed by atoms with Gasteiger partial charge in [-0.2, -0.15) is 5.10 Å². The maximum absolute atomic E-state index is 14.5. The molecule has 0 fully saturated rings. The van der Waals surface area contributed by atoms with Crippen LogP contribution in [0.1, 0.15) is 0 Å². The van der Waals surface area contributed by atoms with Gasteiger partial charge in [-0.1, -0.05) is 18.2 Å². The first kappa shape index (κ1) is 20.0. The van der Waals surface area contributed by atoms with Crippen molar-refractivity contribution in [1.82, 2.24) is 35.1 Å². The number of hydrogen-bond acceptors (Lipinski definition) is 6. The second-order valence-corrected chi connectivity index (χ2v) is 8.11. The van der Waals surface area contributed by atoms with Gasteiger partial charge in [0.1, 0.15) is 11.3 Å². The van der Waals surface area contributed by atoms with Gasteiger partial charge in [0, 0.05) is 43.2 Å². The molecular formula is C25H19FN8. The summed E-state index contributed by atoms with van der Waals surface area (Å²) in [7, 11) is 3.94. The Morgan fingerprint density at radius 2 is 1.82 bits per heavy atom. The fourth-order valence-corrected chi connectivity index (χ4v) is 3.96. The van der Waals surface area contributed by atoms with Gasteiger partial charge in [0.25, 0.3) is 0 Å². The molecule has 0 unspecified atom stereocenters. The summed E-state index contributed by atoms with van der Waals surface area (Å²) in [4.78, 5) is 23.5. The molecular weight excluding hydrogens is 431 g/mol. The number of hydrogen-bond donors (Lipinski definition) is 2. The first-order valence-corrected chi connectivity index (χ1v) is 10.7. The summed E-state index contributed by atoms with van der Waals surface area (Å²) in [6.45, 7) is 0. The zero-order chi connectivity index (χ0) is 23.2. The van der Waals surface area contributed by atoms with Crippen molar-refractivity contribution in [3.05, 3.63) is 72.9 Å². The van der Waals surface area contributed by atoms with Crippen molar-refractivity contribution in [2.24, 2.45) is 0 Å². The van der Waals surface area contributed by atoms with Gasteiger partial charge >= 0.3 is 0 Å². The number of aromatic amines is 2. The van der Waals surface area contributed by atoms with Crippen LogP contribution in [0.15, 0.2) is 67.1 Å². The average molecular weight is 450 g/mol. The van der Waals surface area contributed by atoms with E-state index in [2.05, 4.69) is 30.1 Å². The standard InChI is InChI=1S/C25H19FN8/c1-34(2)15-11-14(12-27-13-15)19-7-8-20-22(29-19)23(33-32-20)25-30-21-17(9-10-28-24(21)31-25)16-5-3-4-6-18(16)26/h3-13H,1-2H3,(H,32,33)(H,28,30,31). The normalized spacial score (nSPS) is 11.4. The summed E-state index contributed by atoms with van der Waals surface area (Å²) in [6, 6.07) is 14.3. The molecule has 34 heavy (non-hydrogen) atoms. The minimum absolute atomic E-state index is 0.309. The van der Waals surface area contributed by atoms with Crippen molar-refractivity contribution in [1.29, 1.82) is 0 Å². The van der Waals surface area contributed by atoms with E-state index in [-0.39, 0.29) is 5.82 Å². The quantitative estimate of drug-likeness (QED) is 0.399. The zero-order valence-electron chi connectivity index (χ0n) is 18.4. The zero-order valence-corrected chi connectivity index (χ0v) is 18.4. The lowest BCUT2D eigenvalue weighted by Gasteiger charge is -2.12. The van der Waals surface area contributed by atoms with Gasteiger partial charge in [-0.05, 0) is 30.3 Å². The number of anilines is 1. The summed E-state index contributed by atoms with van der Waals surface area (Å²) in [5, 5.41) is 7.47. The average Bonchev–Trinajstić information content (AvgIpc) is 3.48. The van der Waals surface area contributed by atoms with Crippen LogP contribution in [0.5, 0.6) is 0 Å². The fraction of sp³-hybridized carbons (Fsp3) is 0.0800. The molecule has 0 saturated carbocycles. The van der Waals surface area contributed by atoms with Crippen molar-refractivity contribution < 1.29 is 4.39 Å². The van der Waals surface area contributed by atoms with Crippen molar-refractivity contribution in [2.45, 2.75) is 0 Å². The third kappa shape index (κ3) is 3.25. The van der Waals surface area contributed by atoms with Crippen LogP contribution in [-0.2, 0) is 0 Å². The number of pyridine rings is 3. The Labute approximate surface area is 193 Å². The molecule has 0 aliphatic rings. The molecule has 166 valence electrons. The van der Waals surface area contributed by atoms with Gasteiger partial charge in [-0.25, -0.2) is 19.3 Å². The summed E-state index contributed by atoms with van der Waals surface area (Å²) in [5.41, 5.74) is 6.93. The van der Waals surface area contributed by atoms with Crippen LogP contribution >= 0.6 is 0 Å². The number of rotatable bonds is 4. The highest BCUT2D eigenvalue weighted by Crippen LogP contribution is 2.32. The highest BCUT2D eigenvalue weighted by atomic mass is 19.1. The number of nitrogens with one attached hydrogen (secondary N) is 2. The Balaban J connectivity index is 1.49. The Hall–Kier alpha value is -4.66. The van der Waals surface area contributed by atoms with Gasteiger partial charge < -0.3 is 9.88 Å². The number of halogens is 1. The number of fused-ring (bicyclic) bond motifs is 2. The predicted octanol–water partition coefficient (Wildman–Crippen LogP) is 4.83. The summed E-state index contributed by atoms with van der Waals surface area (Å²) in [5.74, 6) is 0.193. The maximum Gasteiger partial charge on any atom is 0.178 e. The fourth-order valence-electron chi connectivity index (χ4n) is 3.96. The largest absolute Gasteiger partial charge is 0.376 e. The summed E-state index contributed by atoms with van der Waals surface area (Å²) >= 11 is 0. The number of nitrogens with zero attached hydrogens (tertiary/aromatic N) is 6. The van der Waals surface area contributed by atoms with E-state index in [9.17, 15) is 4.39 Å². The van der Waals surface area contributed by atoms with E-state index in [1.165, 1.54) is 6.07 Å². The van der Waals surface area contributed by atoms with E-state index >= 15 is 0 Å². The van der Waals surface area contributed by atoms with Gasteiger partial charge in [-0.3, -0.25) is 10.1 Å². The molecule has 0 aliphatic carbocycles. The third-order valence-electron chi connectivity index (χ3n) is 5.72. The van der Waals surface area contributed by atoms with Crippen LogP contribution in [0.25, 0.3) is 56.1 Å². The van der Waals surface area contributed by atoms with Gasteiger partial charge in [0.05, 0.1) is 28.6 Å². The second-order valence-electron chi connectivity index (χ2n) is 8.11. The molecule has 6 rings (SSSR count). The summed E-state index contributed by atoms with van der Waals surface area (Å²) in [6.07, 6.45) is 5.21. The smallest absolute Gasteiger partial charge is 0.178 e. The first-order valence-electron chi connectivity index (χ1n) is 10.7. The van der Waals surface area contributed by atoms with Gasteiger partial charge in [0.15, 0.2) is 17.2 Å². The number of aromatic nitrogens is 7. The lowest BCUT2D eigenvalue weighted by atomic mass is 10.1. The number of imidazole rings is 1. The van der Waals surface area contributed by atoms with Crippen molar-refractivity contribution in [2.75, 3.05) is 19.0 Å². The molecule has 6 aromatic rings. The van der Waals surface area contributed by atoms with Gasteiger partial charge in [-0.15, -0.1) is 0 Å². The molecule has 0 saturated heterocycles. The second kappa shape index (κ2) is 7.73. The van der Waals surface area contributed by atoms with Crippen LogP contribution in [-0.4, -0.2) is 49.2 Å². The first-order chi connectivity index (χ1) is 16.6. The molecule has 0 aliphatic heterocycles. The molecule has 5 aromatic heterocycles. The molecule has 1 aromatic carbocycles.